The highest BCUT2D eigenvalue weighted by molar-refractivity contribution is 5.28. The maximum Gasteiger partial charge on any atom is 0.0583 e. The van der Waals surface area contributed by atoms with Gasteiger partial charge in [0.1, 0.15) is 0 Å². The maximum atomic E-state index is 9.39. The van der Waals surface area contributed by atoms with Gasteiger partial charge in [-0.1, -0.05) is 24.3 Å². The number of hydrogen-bond acceptors (Lipinski definition) is 2. The molecule has 2 heteroatoms. The lowest BCUT2D eigenvalue weighted by molar-refractivity contribution is 0.118. The predicted octanol–water partition coefficient (Wildman–Crippen LogP) is 2.19. The fourth-order valence-electron chi connectivity index (χ4n) is 1.67. The molecular formula is C13H20O2. The lowest BCUT2D eigenvalue weighted by Gasteiger charge is -2.14. The van der Waals surface area contributed by atoms with Crippen LogP contribution in [-0.2, 0) is 17.6 Å². The third-order valence-corrected chi connectivity index (χ3v) is 2.54. The number of ether oxygens (including phenoxy) is 1. The van der Waals surface area contributed by atoms with Gasteiger partial charge in [-0.15, -0.1) is 0 Å². The van der Waals surface area contributed by atoms with Crippen LogP contribution >= 0.6 is 0 Å². The van der Waals surface area contributed by atoms with E-state index < -0.39 is 0 Å². The van der Waals surface area contributed by atoms with Gasteiger partial charge < -0.3 is 9.84 Å². The molecule has 2 unspecified atom stereocenters. The molecule has 84 valence electrons. The average Bonchev–Trinajstić information content (AvgIpc) is 2.20. The lowest BCUT2D eigenvalue weighted by Crippen LogP contribution is -2.12. The Labute approximate surface area is 91.9 Å². The van der Waals surface area contributed by atoms with Gasteiger partial charge in [-0.05, 0) is 37.8 Å². The van der Waals surface area contributed by atoms with Crippen LogP contribution in [0.5, 0.6) is 0 Å². The highest BCUT2D eigenvalue weighted by Gasteiger charge is 2.08. The minimum Gasteiger partial charge on any atom is -0.393 e. The van der Waals surface area contributed by atoms with E-state index in [1.165, 1.54) is 11.1 Å². The van der Waals surface area contributed by atoms with E-state index in [1.54, 1.807) is 7.11 Å². The molecule has 0 radical (unpaired) electrons. The lowest BCUT2D eigenvalue weighted by atomic mass is 9.98. The summed E-state index contributed by atoms with van der Waals surface area (Å²) in [4.78, 5) is 0. The molecule has 0 fully saturated rings. The molecule has 2 nitrogen and oxygen atoms in total. The van der Waals surface area contributed by atoms with Crippen molar-refractivity contribution in [1.29, 1.82) is 0 Å². The molecule has 0 saturated heterocycles. The van der Waals surface area contributed by atoms with Crippen molar-refractivity contribution in [2.24, 2.45) is 0 Å². The minimum absolute atomic E-state index is 0.222. The number of rotatable bonds is 5. The van der Waals surface area contributed by atoms with E-state index in [9.17, 15) is 5.11 Å². The van der Waals surface area contributed by atoms with E-state index in [-0.39, 0.29) is 12.2 Å². The van der Waals surface area contributed by atoms with Gasteiger partial charge in [0.2, 0.25) is 0 Å². The van der Waals surface area contributed by atoms with Crippen molar-refractivity contribution in [3.63, 3.8) is 0 Å². The van der Waals surface area contributed by atoms with Gasteiger partial charge in [0, 0.05) is 7.11 Å². The van der Waals surface area contributed by atoms with Crippen molar-refractivity contribution in [2.75, 3.05) is 7.11 Å². The summed E-state index contributed by atoms with van der Waals surface area (Å²) in [6.45, 7) is 3.87. The maximum absolute atomic E-state index is 9.39. The van der Waals surface area contributed by atoms with Gasteiger partial charge in [0.05, 0.1) is 12.2 Å². The van der Waals surface area contributed by atoms with E-state index >= 15 is 0 Å². The largest absolute Gasteiger partial charge is 0.393 e. The van der Waals surface area contributed by atoms with E-state index in [0.717, 1.165) is 6.42 Å². The standard InChI is InChI=1S/C13H20O2/c1-10(14)8-12-6-4-5-7-13(12)9-11(2)15-3/h4-7,10-11,14H,8-9H2,1-3H3. The summed E-state index contributed by atoms with van der Waals surface area (Å²) in [5.41, 5.74) is 2.49. The van der Waals surface area contributed by atoms with E-state index in [1.807, 2.05) is 19.1 Å². The second-order valence-corrected chi connectivity index (χ2v) is 4.07. The fraction of sp³-hybridized carbons (Fsp3) is 0.538. The zero-order valence-corrected chi connectivity index (χ0v) is 9.73. The fourth-order valence-corrected chi connectivity index (χ4v) is 1.67. The molecule has 1 N–H and O–H groups in total. The zero-order chi connectivity index (χ0) is 11.3. The molecular weight excluding hydrogens is 188 g/mol. The van der Waals surface area contributed by atoms with Crippen LogP contribution in [0.1, 0.15) is 25.0 Å². The highest BCUT2D eigenvalue weighted by atomic mass is 16.5. The summed E-state index contributed by atoms with van der Waals surface area (Å²) in [5.74, 6) is 0. The first kappa shape index (κ1) is 12.2. The van der Waals surface area contributed by atoms with E-state index in [0.29, 0.717) is 6.42 Å². The molecule has 0 aliphatic rings. The van der Waals surface area contributed by atoms with Crippen LogP contribution in [-0.4, -0.2) is 24.4 Å². The zero-order valence-electron chi connectivity index (χ0n) is 9.73. The Hall–Kier alpha value is -0.860. The highest BCUT2D eigenvalue weighted by Crippen LogP contribution is 2.14. The number of hydrogen-bond donors (Lipinski definition) is 1. The molecule has 1 rings (SSSR count). The van der Waals surface area contributed by atoms with Crippen molar-refractivity contribution in [1.82, 2.24) is 0 Å². The predicted molar refractivity (Wildman–Crippen MR) is 62.0 cm³/mol. The van der Waals surface area contributed by atoms with Gasteiger partial charge in [0.25, 0.3) is 0 Å². The third kappa shape index (κ3) is 4.02. The molecule has 1 aromatic carbocycles. The molecule has 0 amide bonds. The van der Waals surface area contributed by atoms with Gasteiger partial charge in [-0.25, -0.2) is 0 Å². The number of benzene rings is 1. The first-order valence-electron chi connectivity index (χ1n) is 5.41. The smallest absolute Gasteiger partial charge is 0.0583 e. The van der Waals surface area contributed by atoms with Crippen LogP contribution < -0.4 is 0 Å². The van der Waals surface area contributed by atoms with E-state index in [2.05, 4.69) is 19.1 Å². The molecule has 0 aliphatic carbocycles. The number of aliphatic hydroxyl groups excluding tert-OH is 1. The molecule has 0 aromatic heterocycles. The second-order valence-electron chi connectivity index (χ2n) is 4.07. The van der Waals surface area contributed by atoms with Crippen LogP contribution in [0.4, 0.5) is 0 Å². The van der Waals surface area contributed by atoms with E-state index in [4.69, 9.17) is 4.74 Å². The third-order valence-electron chi connectivity index (χ3n) is 2.54. The normalized spacial score (nSPS) is 14.9. The molecule has 0 bridgehead atoms. The Bertz CT molecular complexity index is 294. The number of aliphatic hydroxyl groups is 1. The summed E-state index contributed by atoms with van der Waals surface area (Å²) in [6.07, 6.45) is 1.55. The summed E-state index contributed by atoms with van der Waals surface area (Å²) in [7, 11) is 1.72. The molecule has 0 spiro atoms. The van der Waals surface area contributed by atoms with Crippen molar-refractivity contribution in [2.45, 2.75) is 38.9 Å². The monoisotopic (exact) mass is 208 g/mol. The Kier molecular flexibility index (Phi) is 4.79. The minimum atomic E-state index is -0.288. The topological polar surface area (TPSA) is 29.5 Å². The number of methoxy groups -OCH3 is 1. The van der Waals surface area contributed by atoms with Crippen LogP contribution in [0, 0.1) is 0 Å². The van der Waals surface area contributed by atoms with Crippen LogP contribution in [0.3, 0.4) is 0 Å². The SMILES string of the molecule is COC(C)Cc1ccccc1CC(C)O. The van der Waals surface area contributed by atoms with Crippen molar-refractivity contribution >= 4 is 0 Å². The van der Waals surface area contributed by atoms with Crippen LogP contribution in [0.2, 0.25) is 0 Å². The molecule has 0 aliphatic heterocycles. The Morgan fingerprint density at radius 1 is 1.13 bits per heavy atom. The first-order chi connectivity index (χ1) is 7.13. The first-order valence-corrected chi connectivity index (χ1v) is 5.41. The van der Waals surface area contributed by atoms with Crippen molar-refractivity contribution in [3.8, 4) is 0 Å². The molecule has 0 heterocycles. The van der Waals surface area contributed by atoms with Crippen LogP contribution in [0.25, 0.3) is 0 Å². The van der Waals surface area contributed by atoms with Gasteiger partial charge in [0.15, 0.2) is 0 Å². The summed E-state index contributed by atoms with van der Waals surface area (Å²) >= 11 is 0. The van der Waals surface area contributed by atoms with Crippen molar-refractivity contribution in [3.05, 3.63) is 35.4 Å². The Morgan fingerprint density at radius 3 is 2.13 bits per heavy atom. The van der Waals surface area contributed by atoms with Crippen LogP contribution in [0.15, 0.2) is 24.3 Å². The van der Waals surface area contributed by atoms with Crippen molar-refractivity contribution < 1.29 is 9.84 Å². The summed E-state index contributed by atoms with van der Waals surface area (Å²) in [5, 5.41) is 9.39. The Balaban J connectivity index is 2.76. The quantitative estimate of drug-likeness (QED) is 0.803. The van der Waals surface area contributed by atoms with Gasteiger partial charge in [-0.3, -0.25) is 0 Å². The van der Waals surface area contributed by atoms with Gasteiger partial charge in [-0.2, -0.15) is 0 Å². The molecule has 2 atom stereocenters. The molecule has 1 aromatic rings. The average molecular weight is 208 g/mol. The Morgan fingerprint density at radius 2 is 1.67 bits per heavy atom. The summed E-state index contributed by atoms with van der Waals surface area (Å²) < 4.78 is 5.25. The summed E-state index contributed by atoms with van der Waals surface area (Å²) in [6, 6.07) is 8.22. The molecule has 15 heavy (non-hydrogen) atoms. The second kappa shape index (κ2) is 5.89. The van der Waals surface area contributed by atoms with Gasteiger partial charge >= 0.3 is 0 Å². The molecule has 0 saturated carbocycles.